The summed E-state index contributed by atoms with van der Waals surface area (Å²) in [5.41, 5.74) is 1.61. The predicted octanol–water partition coefficient (Wildman–Crippen LogP) is 2.69. The lowest BCUT2D eigenvalue weighted by Crippen LogP contribution is -2.14. The molecule has 1 N–H and O–H groups in total. The van der Waals surface area contributed by atoms with Crippen molar-refractivity contribution in [2.45, 2.75) is 18.4 Å². The molecule has 23 heavy (non-hydrogen) atoms. The molecule has 0 radical (unpaired) electrons. The maximum absolute atomic E-state index is 13.0. The summed E-state index contributed by atoms with van der Waals surface area (Å²) in [6, 6.07) is 13.4. The first-order valence-corrected chi connectivity index (χ1v) is 8.54. The molecule has 0 unspecified atom stereocenters. The number of methoxy groups -OCH3 is 1. The van der Waals surface area contributed by atoms with Crippen molar-refractivity contribution < 1.29 is 18.3 Å². The van der Waals surface area contributed by atoms with E-state index in [1.54, 1.807) is 62.6 Å². The molecule has 0 aliphatic rings. The minimum Gasteiger partial charge on any atom is -0.497 e. The zero-order valence-electron chi connectivity index (χ0n) is 12.9. The lowest BCUT2D eigenvalue weighted by Gasteiger charge is -2.10. The SMILES string of the molecule is COc1ccc2c(c1)c(CO)c(C)n2S(=O)(=O)c1ccccc1. The third kappa shape index (κ3) is 2.40. The highest BCUT2D eigenvalue weighted by Crippen LogP contribution is 2.32. The maximum atomic E-state index is 13.0. The fraction of sp³-hybridized carbons (Fsp3) is 0.176. The molecule has 1 aromatic heterocycles. The third-order valence-corrected chi connectivity index (χ3v) is 5.75. The second kappa shape index (κ2) is 5.72. The number of aliphatic hydroxyl groups excluding tert-OH is 1. The van der Waals surface area contributed by atoms with E-state index in [1.807, 2.05) is 0 Å². The van der Waals surface area contributed by atoms with Gasteiger partial charge in [0.1, 0.15) is 5.75 Å². The highest BCUT2D eigenvalue weighted by Gasteiger charge is 2.24. The molecular formula is C17H17NO4S. The zero-order valence-corrected chi connectivity index (χ0v) is 13.7. The van der Waals surface area contributed by atoms with Gasteiger partial charge in [-0.1, -0.05) is 18.2 Å². The Kier molecular flexibility index (Phi) is 3.87. The molecule has 3 rings (SSSR count). The van der Waals surface area contributed by atoms with Crippen molar-refractivity contribution in [2.75, 3.05) is 7.11 Å². The van der Waals surface area contributed by atoms with Gasteiger partial charge >= 0.3 is 0 Å². The summed E-state index contributed by atoms with van der Waals surface area (Å²) in [7, 11) is -2.19. The van der Waals surface area contributed by atoms with Crippen molar-refractivity contribution in [3.63, 3.8) is 0 Å². The molecule has 0 spiro atoms. The lowest BCUT2D eigenvalue weighted by molar-refractivity contribution is 0.282. The largest absolute Gasteiger partial charge is 0.497 e. The van der Waals surface area contributed by atoms with Crippen LogP contribution in [0.25, 0.3) is 10.9 Å². The maximum Gasteiger partial charge on any atom is 0.268 e. The monoisotopic (exact) mass is 331 g/mol. The van der Waals surface area contributed by atoms with Crippen LogP contribution in [0.2, 0.25) is 0 Å². The molecule has 6 heteroatoms. The Bertz CT molecular complexity index is 959. The van der Waals surface area contributed by atoms with E-state index < -0.39 is 10.0 Å². The first-order valence-electron chi connectivity index (χ1n) is 7.10. The van der Waals surface area contributed by atoms with E-state index in [2.05, 4.69) is 0 Å². The summed E-state index contributed by atoms with van der Waals surface area (Å²) in [5.74, 6) is 0.612. The number of benzene rings is 2. The van der Waals surface area contributed by atoms with E-state index in [0.29, 0.717) is 27.9 Å². The van der Waals surface area contributed by atoms with Crippen LogP contribution >= 0.6 is 0 Å². The minimum absolute atomic E-state index is 0.209. The van der Waals surface area contributed by atoms with Crippen LogP contribution in [0.1, 0.15) is 11.3 Å². The minimum atomic E-state index is -3.74. The quantitative estimate of drug-likeness (QED) is 0.798. The number of aromatic nitrogens is 1. The molecule has 0 aliphatic heterocycles. The summed E-state index contributed by atoms with van der Waals surface area (Å²) in [6.07, 6.45) is 0. The summed E-state index contributed by atoms with van der Waals surface area (Å²) in [5, 5.41) is 10.4. The van der Waals surface area contributed by atoms with Crippen LogP contribution < -0.4 is 4.74 Å². The van der Waals surface area contributed by atoms with Gasteiger partial charge in [-0.25, -0.2) is 12.4 Å². The molecule has 0 saturated carbocycles. The number of rotatable bonds is 4. The highest BCUT2D eigenvalue weighted by molar-refractivity contribution is 7.90. The Hall–Kier alpha value is -2.31. The third-order valence-electron chi connectivity index (χ3n) is 3.93. The van der Waals surface area contributed by atoms with Gasteiger partial charge in [-0.3, -0.25) is 0 Å². The molecule has 0 aliphatic carbocycles. The molecule has 0 fully saturated rings. The normalized spacial score (nSPS) is 11.8. The molecule has 0 bridgehead atoms. The van der Waals surface area contributed by atoms with Crippen molar-refractivity contribution >= 4 is 20.9 Å². The second-order valence-corrected chi connectivity index (χ2v) is 6.97. The van der Waals surface area contributed by atoms with Gasteiger partial charge in [0, 0.05) is 16.6 Å². The van der Waals surface area contributed by atoms with Crippen LogP contribution in [0.15, 0.2) is 53.4 Å². The fourth-order valence-corrected chi connectivity index (χ4v) is 4.37. The van der Waals surface area contributed by atoms with E-state index in [1.165, 1.54) is 3.97 Å². The summed E-state index contributed by atoms with van der Waals surface area (Å²) < 4.78 is 32.5. The molecule has 2 aromatic carbocycles. The van der Waals surface area contributed by atoms with E-state index >= 15 is 0 Å². The predicted molar refractivity (Wildman–Crippen MR) is 88.2 cm³/mol. The van der Waals surface area contributed by atoms with Crippen molar-refractivity contribution in [1.29, 1.82) is 0 Å². The van der Waals surface area contributed by atoms with Gasteiger partial charge in [-0.2, -0.15) is 0 Å². The Morgan fingerprint density at radius 1 is 1.13 bits per heavy atom. The first-order chi connectivity index (χ1) is 11.0. The number of fused-ring (bicyclic) bond motifs is 1. The van der Waals surface area contributed by atoms with Crippen LogP contribution in [0.3, 0.4) is 0 Å². The number of ether oxygens (including phenoxy) is 1. The fourth-order valence-electron chi connectivity index (χ4n) is 2.77. The number of hydrogen-bond donors (Lipinski definition) is 1. The molecule has 5 nitrogen and oxygen atoms in total. The molecule has 120 valence electrons. The van der Waals surface area contributed by atoms with Crippen LogP contribution in [-0.4, -0.2) is 24.6 Å². The lowest BCUT2D eigenvalue weighted by atomic mass is 10.1. The number of hydrogen-bond acceptors (Lipinski definition) is 4. The van der Waals surface area contributed by atoms with Crippen LogP contribution in [0.4, 0.5) is 0 Å². The van der Waals surface area contributed by atoms with Crippen molar-refractivity contribution in [2.24, 2.45) is 0 Å². The average molecular weight is 331 g/mol. The smallest absolute Gasteiger partial charge is 0.268 e. The Morgan fingerprint density at radius 3 is 2.43 bits per heavy atom. The van der Waals surface area contributed by atoms with Crippen LogP contribution in [-0.2, 0) is 16.6 Å². The van der Waals surface area contributed by atoms with Crippen LogP contribution in [0, 0.1) is 6.92 Å². The molecule has 3 aromatic rings. The standard InChI is InChI=1S/C17H17NO4S/c1-12-16(11-19)15-10-13(22-2)8-9-17(15)18(12)23(20,21)14-6-4-3-5-7-14/h3-10,19H,11H2,1-2H3. The molecular weight excluding hydrogens is 314 g/mol. The van der Waals surface area contributed by atoms with Crippen LogP contribution in [0.5, 0.6) is 5.75 Å². The van der Waals surface area contributed by atoms with E-state index in [4.69, 9.17) is 4.74 Å². The number of aliphatic hydroxyl groups is 1. The topological polar surface area (TPSA) is 68.5 Å². The van der Waals surface area contributed by atoms with E-state index in [0.717, 1.165) is 0 Å². The van der Waals surface area contributed by atoms with E-state index in [9.17, 15) is 13.5 Å². The van der Waals surface area contributed by atoms with Gasteiger partial charge in [-0.05, 0) is 37.3 Å². The molecule has 1 heterocycles. The summed E-state index contributed by atoms with van der Waals surface area (Å²) in [6.45, 7) is 1.45. The Labute approximate surface area is 134 Å². The van der Waals surface area contributed by atoms with Gasteiger partial charge in [0.15, 0.2) is 0 Å². The second-order valence-electron chi connectivity index (χ2n) is 5.19. The van der Waals surface area contributed by atoms with Gasteiger partial charge in [0.2, 0.25) is 0 Å². The van der Waals surface area contributed by atoms with Gasteiger partial charge < -0.3 is 9.84 Å². The van der Waals surface area contributed by atoms with Gasteiger partial charge in [-0.15, -0.1) is 0 Å². The summed E-state index contributed by atoms with van der Waals surface area (Å²) in [4.78, 5) is 0.209. The van der Waals surface area contributed by atoms with Crippen molar-refractivity contribution in [3.8, 4) is 5.75 Å². The Balaban J connectivity index is 2.36. The average Bonchev–Trinajstić information content (AvgIpc) is 2.86. The molecule has 0 amide bonds. The van der Waals surface area contributed by atoms with Gasteiger partial charge in [0.25, 0.3) is 10.0 Å². The molecule has 0 saturated heterocycles. The Morgan fingerprint density at radius 2 is 1.83 bits per heavy atom. The van der Waals surface area contributed by atoms with Crippen molar-refractivity contribution in [1.82, 2.24) is 3.97 Å². The first kappa shape index (κ1) is 15.6. The van der Waals surface area contributed by atoms with E-state index in [-0.39, 0.29) is 11.5 Å². The zero-order chi connectivity index (χ0) is 16.6. The number of nitrogens with zero attached hydrogens (tertiary/aromatic N) is 1. The summed E-state index contributed by atoms with van der Waals surface area (Å²) >= 11 is 0. The van der Waals surface area contributed by atoms with Crippen molar-refractivity contribution in [3.05, 3.63) is 59.8 Å². The highest BCUT2D eigenvalue weighted by atomic mass is 32.2. The molecule has 0 atom stereocenters. The van der Waals surface area contributed by atoms with Gasteiger partial charge in [0.05, 0.1) is 24.1 Å².